The molecule has 3 rings (SSSR count). The number of H-pyrrole nitrogens is 2. The molecule has 2 heterocycles. The van der Waals surface area contributed by atoms with Gasteiger partial charge in [0.25, 0.3) is 0 Å². The van der Waals surface area contributed by atoms with Crippen LogP contribution in [0.4, 0.5) is 5.69 Å². The number of aromatic nitrogens is 2. The minimum Gasteiger partial charge on any atom is -0.464 e. The number of benzene rings is 1. The van der Waals surface area contributed by atoms with Gasteiger partial charge in [-0.2, -0.15) is 0 Å². The van der Waals surface area contributed by atoms with Crippen molar-refractivity contribution in [3.8, 4) is 0 Å². The van der Waals surface area contributed by atoms with E-state index in [-0.39, 0.29) is 6.04 Å². The summed E-state index contributed by atoms with van der Waals surface area (Å²) in [6, 6.07) is 9.19. The third-order valence-electron chi connectivity index (χ3n) is 3.29. The summed E-state index contributed by atoms with van der Waals surface area (Å²) in [7, 11) is 0. The average molecular weight is 285 g/mol. The van der Waals surface area contributed by atoms with Gasteiger partial charge in [-0.15, -0.1) is 0 Å². The molecule has 3 N–H and O–H groups in total. The molecule has 6 nitrogen and oxygen atoms in total. The standard InChI is InChI=1S/C15H15N3O3/c1-8-3-6-13(21-8)9(2)16-10-4-5-11-12(7-10)18-15(20)14(19)17-11/h3-7,9,16H,1-2H3,(H,17,19)(H,18,20). The highest BCUT2D eigenvalue weighted by Crippen LogP contribution is 2.22. The molecule has 0 aliphatic rings. The maximum absolute atomic E-state index is 11.4. The van der Waals surface area contributed by atoms with Crippen molar-refractivity contribution >= 4 is 16.7 Å². The van der Waals surface area contributed by atoms with Crippen molar-refractivity contribution in [2.24, 2.45) is 0 Å². The molecule has 0 amide bonds. The first-order chi connectivity index (χ1) is 10.0. The molecule has 1 aromatic carbocycles. The van der Waals surface area contributed by atoms with Crippen LogP contribution < -0.4 is 16.4 Å². The third kappa shape index (κ3) is 2.60. The van der Waals surface area contributed by atoms with E-state index >= 15 is 0 Å². The zero-order valence-corrected chi connectivity index (χ0v) is 11.7. The number of anilines is 1. The summed E-state index contributed by atoms with van der Waals surface area (Å²) in [4.78, 5) is 27.7. The summed E-state index contributed by atoms with van der Waals surface area (Å²) in [6.07, 6.45) is 0. The predicted octanol–water partition coefficient (Wildman–Crippen LogP) is 2.29. The van der Waals surface area contributed by atoms with Crippen LogP contribution in [0.1, 0.15) is 24.5 Å². The van der Waals surface area contributed by atoms with Crippen molar-refractivity contribution in [1.29, 1.82) is 0 Å². The highest BCUT2D eigenvalue weighted by molar-refractivity contribution is 5.78. The number of nitrogens with one attached hydrogen (secondary N) is 3. The van der Waals surface area contributed by atoms with Crippen LogP contribution in [0.2, 0.25) is 0 Å². The van der Waals surface area contributed by atoms with Crippen molar-refractivity contribution in [2.75, 3.05) is 5.32 Å². The Balaban J connectivity index is 1.92. The molecule has 2 aromatic heterocycles. The smallest absolute Gasteiger partial charge is 0.314 e. The molecule has 0 saturated carbocycles. The van der Waals surface area contributed by atoms with Crippen LogP contribution in [0.3, 0.4) is 0 Å². The second-order valence-electron chi connectivity index (χ2n) is 4.98. The number of fused-ring (bicyclic) bond motifs is 1. The fraction of sp³-hybridized carbons (Fsp3) is 0.200. The minimum absolute atomic E-state index is 0.00867. The summed E-state index contributed by atoms with van der Waals surface area (Å²) in [5.74, 6) is 1.70. The number of aryl methyl sites for hydroxylation is 1. The second kappa shape index (κ2) is 4.97. The van der Waals surface area contributed by atoms with Crippen molar-refractivity contribution in [3.63, 3.8) is 0 Å². The zero-order valence-electron chi connectivity index (χ0n) is 11.7. The van der Waals surface area contributed by atoms with Crippen LogP contribution in [0.15, 0.2) is 44.3 Å². The Bertz CT molecular complexity index is 904. The van der Waals surface area contributed by atoms with E-state index in [1.54, 1.807) is 12.1 Å². The fourth-order valence-electron chi connectivity index (χ4n) is 2.21. The van der Waals surface area contributed by atoms with E-state index in [9.17, 15) is 9.59 Å². The van der Waals surface area contributed by atoms with Gasteiger partial charge in [0.05, 0.1) is 17.1 Å². The van der Waals surface area contributed by atoms with Gasteiger partial charge in [0.15, 0.2) is 0 Å². The van der Waals surface area contributed by atoms with Gasteiger partial charge in [0.1, 0.15) is 11.5 Å². The largest absolute Gasteiger partial charge is 0.464 e. The number of furan rings is 1. The maximum atomic E-state index is 11.4. The molecule has 0 aliphatic carbocycles. The van der Waals surface area contributed by atoms with Crippen molar-refractivity contribution in [3.05, 3.63) is 62.6 Å². The Labute approximate surface area is 119 Å². The predicted molar refractivity (Wildman–Crippen MR) is 80.7 cm³/mol. The SMILES string of the molecule is Cc1ccc(C(C)Nc2ccc3[nH]c(=O)c(=O)[nH]c3c2)o1. The molecule has 0 radical (unpaired) electrons. The van der Waals surface area contributed by atoms with E-state index in [1.807, 2.05) is 32.0 Å². The maximum Gasteiger partial charge on any atom is 0.314 e. The Kier molecular flexibility index (Phi) is 3.13. The molecule has 0 aliphatic heterocycles. The third-order valence-corrected chi connectivity index (χ3v) is 3.29. The van der Waals surface area contributed by atoms with Crippen LogP contribution in [0, 0.1) is 6.92 Å². The molecule has 6 heteroatoms. The van der Waals surface area contributed by atoms with Crippen LogP contribution in [-0.2, 0) is 0 Å². The Hall–Kier alpha value is -2.76. The number of aromatic amines is 2. The molecule has 108 valence electrons. The first-order valence-corrected chi connectivity index (χ1v) is 6.62. The van der Waals surface area contributed by atoms with Crippen LogP contribution in [0.5, 0.6) is 0 Å². The van der Waals surface area contributed by atoms with Gasteiger partial charge in [-0.25, -0.2) is 0 Å². The van der Waals surface area contributed by atoms with Crippen LogP contribution in [0.25, 0.3) is 11.0 Å². The van der Waals surface area contributed by atoms with Crippen molar-refractivity contribution < 1.29 is 4.42 Å². The molecule has 0 saturated heterocycles. The quantitative estimate of drug-likeness (QED) is 0.644. The van der Waals surface area contributed by atoms with Gasteiger partial charge in [-0.05, 0) is 44.2 Å². The summed E-state index contributed by atoms with van der Waals surface area (Å²) in [5.41, 5.74) is 0.683. The van der Waals surface area contributed by atoms with Gasteiger partial charge >= 0.3 is 11.1 Å². The van der Waals surface area contributed by atoms with Gasteiger partial charge < -0.3 is 19.7 Å². The monoisotopic (exact) mass is 285 g/mol. The second-order valence-corrected chi connectivity index (χ2v) is 4.98. The average Bonchev–Trinajstić information content (AvgIpc) is 2.87. The van der Waals surface area contributed by atoms with Gasteiger partial charge in [-0.1, -0.05) is 0 Å². The molecule has 21 heavy (non-hydrogen) atoms. The van der Waals surface area contributed by atoms with Gasteiger partial charge in [-0.3, -0.25) is 9.59 Å². The normalized spacial score (nSPS) is 12.5. The lowest BCUT2D eigenvalue weighted by molar-refractivity contribution is 0.467. The highest BCUT2D eigenvalue weighted by atomic mass is 16.3. The highest BCUT2D eigenvalue weighted by Gasteiger charge is 2.10. The van der Waals surface area contributed by atoms with E-state index in [4.69, 9.17) is 4.42 Å². The molecular weight excluding hydrogens is 270 g/mol. The van der Waals surface area contributed by atoms with Crippen LogP contribution >= 0.6 is 0 Å². The molecule has 1 unspecified atom stereocenters. The van der Waals surface area contributed by atoms with E-state index in [0.29, 0.717) is 11.0 Å². The lowest BCUT2D eigenvalue weighted by Gasteiger charge is -2.13. The molecule has 0 fully saturated rings. The minimum atomic E-state index is -0.658. The molecule has 1 atom stereocenters. The Morgan fingerprint density at radius 1 is 1.05 bits per heavy atom. The lowest BCUT2D eigenvalue weighted by Crippen LogP contribution is -2.28. The van der Waals surface area contributed by atoms with E-state index in [2.05, 4.69) is 15.3 Å². The van der Waals surface area contributed by atoms with Crippen molar-refractivity contribution in [1.82, 2.24) is 9.97 Å². The Morgan fingerprint density at radius 2 is 1.76 bits per heavy atom. The number of hydrogen-bond donors (Lipinski definition) is 3. The van der Waals surface area contributed by atoms with Gasteiger partial charge in [0, 0.05) is 5.69 Å². The van der Waals surface area contributed by atoms with E-state index < -0.39 is 11.1 Å². The zero-order chi connectivity index (χ0) is 15.0. The topological polar surface area (TPSA) is 90.9 Å². The first kappa shape index (κ1) is 13.2. The summed E-state index contributed by atoms with van der Waals surface area (Å²) in [5, 5.41) is 3.29. The summed E-state index contributed by atoms with van der Waals surface area (Å²) >= 11 is 0. The molecule has 3 aromatic rings. The number of hydrogen-bond acceptors (Lipinski definition) is 4. The Morgan fingerprint density at radius 3 is 2.43 bits per heavy atom. The lowest BCUT2D eigenvalue weighted by atomic mass is 10.2. The van der Waals surface area contributed by atoms with Gasteiger partial charge in [0.2, 0.25) is 0 Å². The van der Waals surface area contributed by atoms with E-state index in [1.165, 1.54) is 0 Å². The van der Waals surface area contributed by atoms with Crippen LogP contribution in [-0.4, -0.2) is 9.97 Å². The number of rotatable bonds is 3. The van der Waals surface area contributed by atoms with Crippen molar-refractivity contribution in [2.45, 2.75) is 19.9 Å². The fourth-order valence-corrected chi connectivity index (χ4v) is 2.21. The van der Waals surface area contributed by atoms with E-state index in [0.717, 1.165) is 17.2 Å². The molecule has 0 spiro atoms. The first-order valence-electron chi connectivity index (χ1n) is 6.62. The molecule has 0 bridgehead atoms. The summed E-state index contributed by atoms with van der Waals surface area (Å²) in [6.45, 7) is 3.88. The molecular formula is C15H15N3O3. The summed E-state index contributed by atoms with van der Waals surface area (Å²) < 4.78 is 5.57.